The number of aromatic nitrogens is 2. The van der Waals surface area contributed by atoms with Crippen LogP contribution < -0.4 is 5.56 Å². The van der Waals surface area contributed by atoms with Crippen LogP contribution in [0.2, 0.25) is 0 Å². The summed E-state index contributed by atoms with van der Waals surface area (Å²) in [6.07, 6.45) is 5.61. The minimum Gasteiger partial charge on any atom is -0.342 e. The molecule has 2 amide bonds. The maximum absolute atomic E-state index is 12.5. The summed E-state index contributed by atoms with van der Waals surface area (Å²) in [6.45, 7) is 6.78. The molecule has 3 aliphatic rings. The quantitative estimate of drug-likeness (QED) is 0.840. The van der Waals surface area contributed by atoms with E-state index in [2.05, 4.69) is 4.98 Å². The fraction of sp³-hybridized carbons (Fsp3) is 0.727. The van der Waals surface area contributed by atoms with Crippen molar-refractivity contribution < 1.29 is 9.59 Å². The van der Waals surface area contributed by atoms with Crippen molar-refractivity contribution in [2.24, 2.45) is 11.8 Å². The van der Waals surface area contributed by atoms with Gasteiger partial charge in [0.1, 0.15) is 5.82 Å². The van der Waals surface area contributed by atoms with Gasteiger partial charge in [0, 0.05) is 55.9 Å². The van der Waals surface area contributed by atoms with Crippen molar-refractivity contribution in [2.45, 2.75) is 64.2 Å². The molecule has 2 saturated heterocycles. The molecule has 1 saturated carbocycles. The minimum absolute atomic E-state index is 0.0143. The highest BCUT2D eigenvalue weighted by Gasteiger charge is 2.36. The second-order valence-electron chi connectivity index (χ2n) is 9.21. The first-order chi connectivity index (χ1) is 13.9. The standard InChI is InChI=1S/C22H32N4O3/c1-14(2)21(28)25-10-7-15(8-11-25)20-23-18(12-19(27)24-20)17-4-3-9-26(13-17)22(29)16-5-6-16/h12,14-17H,3-11,13H2,1-2H3,(H,23,24,27)/t17-/m0/s1. The molecule has 7 heteroatoms. The number of likely N-dealkylation sites (tertiary alicyclic amines) is 2. The first-order valence-electron chi connectivity index (χ1n) is 11.1. The number of piperidine rings is 2. The van der Waals surface area contributed by atoms with Crippen LogP contribution >= 0.6 is 0 Å². The second kappa shape index (κ2) is 8.28. The highest BCUT2D eigenvalue weighted by Crippen LogP contribution is 2.34. The molecule has 1 aromatic heterocycles. The second-order valence-corrected chi connectivity index (χ2v) is 9.21. The zero-order valence-electron chi connectivity index (χ0n) is 17.5. The first kappa shape index (κ1) is 20.1. The Labute approximate surface area is 171 Å². The van der Waals surface area contributed by atoms with Crippen molar-refractivity contribution in [1.82, 2.24) is 19.8 Å². The van der Waals surface area contributed by atoms with Crippen LogP contribution in [0.25, 0.3) is 0 Å². The van der Waals surface area contributed by atoms with Crippen LogP contribution in [-0.2, 0) is 9.59 Å². The van der Waals surface area contributed by atoms with E-state index in [-0.39, 0.29) is 41.0 Å². The third kappa shape index (κ3) is 4.54. The Morgan fingerprint density at radius 2 is 1.76 bits per heavy atom. The van der Waals surface area contributed by atoms with Crippen LogP contribution in [0.1, 0.15) is 75.7 Å². The van der Waals surface area contributed by atoms with Gasteiger partial charge in [-0.3, -0.25) is 14.4 Å². The first-order valence-corrected chi connectivity index (χ1v) is 11.1. The van der Waals surface area contributed by atoms with E-state index in [0.717, 1.165) is 56.6 Å². The molecule has 29 heavy (non-hydrogen) atoms. The monoisotopic (exact) mass is 400 g/mol. The van der Waals surface area contributed by atoms with Gasteiger partial charge in [-0.25, -0.2) is 4.98 Å². The summed E-state index contributed by atoms with van der Waals surface area (Å²) in [5.74, 6) is 1.77. The van der Waals surface area contributed by atoms with Gasteiger partial charge in [-0.05, 0) is 38.5 Å². The van der Waals surface area contributed by atoms with E-state index >= 15 is 0 Å². The van der Waals surface area contributed by atoms with Crippen LogP contribution in [0.5, 0.6) is 0 Å². The SMILES string of the molecule is CC(C)C(=O)N1CCC(c2nc([C@H]3CCCN(C(=O)C4CC4)C3)cc(=O)[nH]2)CC1. The summed E-state index contributed by atoms with van der Waals surface area (Å²) >= 11 is 0. The number of aromatic amines is 1. The Hall–Kier alpha value is -2.18. The molecule has 0 bridgehead atoms. The van der Waals surface area contributed by atoms with Crippen molar-refractivity contribution >= 4 is 11.8 Å². The molecule has 3 heterocycles. The van der Waals surface area contributed by atoms with Gasteiger partial charge in [-0.2, -0.15) is 0 Å². The minimum atomic E-state index is -0.115. The van der Waals surface area contributed by atoms with Gasteiger partial charge in [0.05, 0.1) is 5.69 Å². The lowest BCUT2D eigenvalue weighted by molar-refractivity contribution is -0.135. The van der Waals surface area contributed by atoms with Gasteiger partial charge in [0.2, 0.25) is 11.8 Å². The van der Waals surface area contributed by atoms with E-state index in [1.54, 1.807) is 6.07 Å². The van der Waals surface area contributed by atoms with Gasteiger partial charge >= 0.3 is 0 Å². The molecular weight excluding hydrogens is 368 g/mol. The Balaban J connectivity index is 1.45. The summed E-state index contributed by atoms with van der Waals surface area (Å²) in [5.41, 5.74) is 0.703. The fourth-order valence-corrected chi connectivity index (χ4v) is 4.64. The van der Waals surface area contributed by atoms with Crippen molar-refractivity contribution in [2.75, 3.05) is 26.2 Å². The number of carbonyl (C=O) groups is 2. The molecule has 158 valence electrons. The van der Waals surface area contributed by atoms with E-state index in [1.165, 1.54) is 0 Å². The summed E-state index contributed by atoms with van der Waals surface area (Å²) in [4.78, 5) is 48.7. The van der Waals surface area contributed by atoms with Gasteiger partial charge in [-0.1, -0.05) is 13.8 Å². The number of carbonyl (C=O) groups excluding carboxylic acids is 2. The molecule has 3 fully saturated rings. The molecule has 1 N–H and O–H groups in total. The summed E-state index contributed by atoms with van der Waals surface area (Å²) in [6, 6.07) is 1.61. The zero-order valence-corrected chi connectivity index (χ0v) is 17.5. The number of nitrogens with zero attached hydrogens (tertiary/aromatic N) is 3. The van der Waals surface area contributed by atoms with Crippen molar-refractivity contribution in [3.05, 3.63) is 27.9 Å². The number of hydrogen-bond donors (Lipinski definition) is 1. The molecule has 4 rings (SSSR count). The highest BCUT2D eigenvalue weighted by atomic mass is 16.2. The number of rotatable bonds is 4. The molecule has 1 aliphatic carbocycles. The van der Waals surface area contributed by atoms with Crippen molar-refractivity contribution in [1.29, 1.82) is 0 Å². The molecule has 0 unspecified atom stereocenters. The maximum atomic E-state index is 12.5. The summed E-state index contributed by atoms with van der Waals surface area (Å²) in [5, 5.41) is 0. The Morgan fingerprint density at radius 3 is 2.41 bits per heavy atom. The summed E-state index contributed by atoms with van der Waals surface area (Å²) in [7, 11) is 0. The average Bonchev–Trinajstić information content (AvgIpc) is 3.58. The highest BCUT2D eigenvalue weighted by molar-refractivity contribution is 5.81. The predicted molar refractivity (Wildman–Crippen MR) is 110 cm³/mol. The van der Waals surface area contributed by atoms with Crippen molar-refractivity contribution in [3.63, 3.8) is 0 Å². The van der Waals surface area contributed by atoms with Gasteiger partial charge < -0.3 is 14.8 Å². The average molecular weight is 401 g/mol. The van der Waals surface area contributed by atoms with Crippen LogP contribution in [-0.4, -0.2) is 57.8 Å². The number of H-pyrrole nitrogens is 1. The lowest BCUT2D eigenvalue weighted by atomic mass is 9.92. The molecule has 2 aliphatic heterocycles. The van der Waals surface area contributed by atoms with Crippen LogP contribution in [0.3, 0.4) is 0 Å². The molecule has 7 nitrogen and oxygen atoms in total. The fourth-order valence-electron chi connectivity index (χ4n) is 4.64. The maximum Gasteiger partial charge on any atom is 0.251 e. The summed E-state index contributed by atoms with van der Waals surface area (Å²) < 4.78 is 0. The van der Waals surface area contributed by atoms with Crippen LogP contribution in [0.15, 0.2) is 10.9 Å². The Bertz CT molecular complexity index is 822. The third-order valence-electron chi connectivity index (χ3n) is 6.54. The van der Waals surface area contributed by atoms with Crippen LogP contribution in [0, 0.1) is 11.8 Å². The molecule has 1 atom stereocenters. The Morgan fingerprint density at radius 1 is 1.03 bits per heavy atom. The zero-order chi connectivity index (χ0) is 20.5. The van der Waals surface area contributed by atoms with E-state index < -0.39 is 0 Å². The van der Waals surface area contributed by atoms with E-state index in [4.69, 9.17) is 4.98 Å². The molecular formula is C22H32N4O3. The predicted octanol–water partition coefficient (Wildman–Crippen LogP) is 2.25. The third-order valence-corrected chi connectivity index (χ3v) is 6.54. The molecule has 1 aromatic rings. The normalized spacial score (nSPS) is 23.5. The molecule has 0 spiro atoms. The van der Waals surface area contributed by atoms with Gasteiger partial charge in [0.15, 0.2) is 0 Å². The largest absolute Gasteiger partial charge is 0.342 e. The number of hydrogen-bond acceptors (Lipinski definition) is 4. The molecule has 0 radical (unpaired) electrons. The van der Waals surface area contributed by atoms with Gasteiger partial charge in [0.25, 0.3) is 5.56 Å². The lowest BCUT2D eigenvalue weighted by Gasteiger charge is -2.34. The van der Waals surface area contributed by atoms with Crippen LogP contribution in [0.4, 0.5) is 0 Å². The smallest absolute Gasteiger partial charge is 0.251 e. The van der Waals surface area contributed by atoms with E-state index in [9.17, 15) is 14.4 Å². The lowest BCUT2D eigenvalue weighted by Crippen LogP contribution is -2.41. The van der Waals surface area contributed by atoms with Crippen molar-refractivity contribution in [3.8, 4) is 0 Å². The number of amides is 2. The van der Waals surface area contributed by atoms with E-state index in [1.807, 2.05) is 23.6 Å². The molecule has 0 aromatic carbocycles. The van der Waals surface area contributed by atoms with Gasteiger partial charge in [-0.15, -0.1) is 0 Å². The van der Waals surface area contributed by atoms with E-state index in [0.29, 0.717) is 19.6 Å². The Kier molecular flexibility index (Phi) is 5.74. The number of nitrogens with one attached hydrogen (secondary N) is 1. The topological polar surface area (TPSA) is 86.4 Å².